The molecule has 0 amide bonds. The van der Waals surface area contributed by atoms with Gasteiger partial charge >= 0.3 is 0 Å². The van der Waals surface area contributed by atoms with Gasteiger partial charge in [0.25, 0.3) is 0 Å². The molecule has 3 aromatic carbocycles. The van der Waals surface area contributed by atoms with E-state index in [0.29, 0.717) is 11.3 Å². The zero-order valence-electron chi connectivity index (χ0n) is 16.1. The molecule has 28 heavy (non-hydrogen) atoms. The Hall–Kier alpha value is -2.34. The van der Waals surface area contributed by atoms with Gasteiger partial charge < -0.3 is 0 Å². The van der Waals surface area contributed by atoms with E-state index in [1.807, 2.05) is 0 Å². The molecule has 0 saturated heterocycles. The van der Waals surface area contributed by atoms with E-state index in [1.165, 1.54) is 37.7 Å². The molecule has 0 bridgehead atoms. The van der Waals surface area contributed by atoms with E-state index in [9.17, 15) is 0 Å². The molecule has 0 heterocycles. The third kappa shape index (κ3) is 1.36. The molecule has 5 aliphatic carbocycles. The Balaban J connectivity index is 1.54. The summed E-state index contributed by atoms with van der Waals surface area (Å²) in [6.07, 6.45) is 7.18. The van der Waals surface area contributed by atoms with Crippen molar-refractivity contribution in [3.63, 3.8) is 0 Å². The van der Waals surface area contributed by atoms with Crippen LogP contribution in [0.4, 0.5) is 0 Å². The second-order valence-corrected chi connectivity index (χ2v) is 9.97. The Bertz CT molecular complexity index is 1180. The molecule has 5 aliphatic rings. The molecule has 1 spiro atoms. The summed E-state index contributed by atoms with van der Waals surface area (Å²) in [6.45, 7) is 0. The Labute approximate surface area is 166 Å². The van der Waals surface area contributed by atoms with Gasteiger partial charge in [-0.1, -0.05) is 73.5 Å². The minimum Gasteiger partial charge on any atom is -0.0619 e. The van der Waals surface area contributed by atoms with Crippen LogP contribution in [0.1, 0.15) is 60.3 Å². The van der Waals surface area contributed by atoms with E-state index in [0.717, 1.165) is 17.8 Å². The minimum atomic E-state index is 0.316. The van der Waals surface area contributed by atoms with Crippen molar-refractivity contribution < 1.29 is 0 Å². The number of fused-ring (bicyclic) bond motifs is 6. The lowest BCUT2D eigenvalue weighted by Crippen LogP contribution is -2.41. The van der Waals surface area contributed by atoms with Crippen LogP contribution in [0.3, 0.4) is 0 Å². The number of rotatable bonds is 0. The van der Waals surface area contributed by atoms with Gasteiger partial charge in [-0.15, -0.1) is 0 Å². The Morgan fingerprint density at radius 2 is 1.54 bits per heavy atom. The fourth-order valence-electron chi connectivity index (χ4n) is 8.69. The fourth-order valence-corrected chi connectivity index (χ4v) is 8.69. The predicted molar refractivity (Wildman–Crippen MR) is 113 cm³/mol. The Morgan fingerprint density at radius 1 is 0.714 bits per heavy atom. The second kappa shape index (κ2) is 4.62. The molecular weight excluding hydrogens is 336 g/mol. The summed E-state index contributed by atoms with van der Waals surface area (Å²) >= 11 is 0. The van der Waals surface area contributed by atoms with Crippen LogP contribution in [-0.4, -0.2) is 0 Å². The van der Waals surface area contributed by atoms with Crippen LogP contribution in [-0.2, 0) is 5.41 Å². The van der Waals surface area contributed by atoms with Crippen LogP contribution in [0.25, 0.3) is 22.3 Å². The fraction of sp³-hybridized carbons (Fsp3) is 0.357. The summed E-state index contributed by atoms with van der Waals surface area (Å²) < 4.78 is 0. The standard InChI is InChI=1S/C28H24/c1-2-8-19-18(7-1)21-12-13-22-20-9-3-4-10-25(20)28-17(14-16-6-5-11-24(16)28)15-23(19)26(21)27(22)28/h1-4,7-10,12-13,16-17,23-24H,5-6,11,14-15H2/t16?,17-,23?,24?,28?/m1/s1. The molecule has 3 aromatic rings. The lowest BCUT2D eigenvalue weighted by Gasteiger charge is -2.45. The zero-order valence-corrected chi connectivity index (χ0v) is 16.1. The van der Waals surface area contributed by atoms with Crippen LogP contribution in [0.15, 0.2) is 60.7 Å². The normalized spacial score (nSPS) is 34.6. The maximum Gasteiger partial charge on any atom is 0.0277 e. The van der Waals surface area contributed by atoms with E-state index < -0.39 is 0 Å². The Kier molecular flexibility index (Phi) is 2.41. The van der Waals surface area contributed by atoms with Gasteiger partial charge in [0.15, 0.2) is 0 Å². The highest BCUT2D eigenvalue weighted by atomic mass is 14.7. The summed E-state index contributed by atoms with van der Waals surface area (Å²) in [5.41, 5.74) is 13.3. The minimum absolute atomic E-state index is 0.316. The van der Waals surface area contributed by atoms with Crippen LogP contribution in [0.2, 0.25) is 0 Å². The molecule has 8 rings (SSSR count). The molecule has 0 heteroatoms. The van der Waals surface area contributed by atoms with Crippen LogP contribution in [0.5, 0.6) is 0 Å². The molecule has 0 radical (unpaired) electrons. The first-order chi connectivity index (χ1) is 13.9. The van der Waals surface area contributed by atoms with Crippen molar-refractivity contribution in [2.45, 2.75) is 43.4 Å². The Morgan fingerprint density at radius 3 is 2.50 bits per heavy atom. The molecule has 0 N–H and O–H groups in total. The molecule has 0 nitrogen and oxygen atoms in total. The summed E-state index contributed by atoms with van der Waals surface area (Å²) in [6, 6.07) is 23.7. The number of hydrogen-bond acceptors (Lipinski definition) is 0. The average Bonchev–Trinajstić information content (AvgIpc) is 3.46. The summed E-state index contributed by atoms with van der Waals surface area (Å²) in [5, 5.41) is 0. The summed E-state index contributed by atoms with van der Waals surface area (Å²) in [7, 11) is 0. The molecule has 4 unspecified atom stereocenters. The molecule has 0 aliphatic heterocycles. The predicted octanol–water partition coefficient (Wildman–Crippen LogP) is 6.91. The highest BCUT2D eigenvalue weighted by Crippen LogP contribution is 2.73. The topological polar surface area (TPSA) is 0 Å². The van der Waals surface area contributed by atoms with Crippen LogP contribution >= 0.6 is 0 Å². The highest BCUT2D eigenvalue weighted by molar-refractivity contribution is 5.91. The van der Waals surface area contributed by atoms with Crippen LogP contribution in [0, 0.1) is 17.8 Å². The largest absolute Gasteiger partial charge is 0.0619 e. The first-order valence-corrected chi connectivity index (χ1v) is 11.3. The van der Waals surface area contributed by atoms with Crippen molar-refractivity contribution in [3.05, 3.63) is 82.9 Å². The van der Waals surface area contributed by atoms with Crippen molar-refractivity contribution in [2.24, 2.45) is 17.8 Å². The van der Waals surface area contributed by atoms with Gasteiger partial charge in [0.05, 0.1) is 0 Å². The SMILES string of the molecule is c1ccc2c(c1)-c1ccc3c4c1C2C[C@H]1CC2CCCC2C41c1ccccc1-3. The smallest absolute Gasteiger partial charge is 0.0277 e. The molecule has 2 fully saturated rings. The molecular formula is C28H24. The van der Waals surface area contributed by atoms with Crippen molar-refractivity contribution in [3.8, 4) is 22.3 Å². The third-order valence-corrected chi connectivity index (χ3v) is 9.29. The highest BCUT2D eigenvalue weighted by Gasteiger charge is 2.64. The molecule has 0 aromatic heterocycles. The van der Waals surface area contributed by atoms with Gasteiger partial charge in [0.2, 0.25) is 0 Å². The van der Waals surface area contributed by atoms with Gasteiger partial charge in [0.1, 0.15) is 0 Å². The second-order valence-electron chi connectivity index (χ2n) is 9.97. The lowest BCUT2D eigenvalue weighted by atomic mass is 9.57. The van der Waals surface area contributed by atoms with Gasteiger partial charge in [-0.25, -0.2) is 0 Å². The number of benzene rings is 3. The van der Waals surface area contributed by atoms with E-state index in [-0.39, 0.29) is 0 Å². The van der Waals surface area contributed by atoms with Gasteiger partial charge in [-0.2, -0.15) is 0 Å². The van der Waals surface area contributed by atoms with Crippen molar-refractivity contribution in [1.29, 1.82) is 0 Å². The maximum atomic E-state index is 2.50. The quantitative estimate of drug-likeness (QED) is 0.409. The first-order valence-electron chi connectivity index (χ1n) is 11.3. The molecule has 5 atom stereocenters. The van der Waals surface area contributed by atoms with Gasteiger partial charge in [-0.05, 0) is 81.5 Å². The van der Waals surface area contributed by atoms with E-state index in [4.69, 9.17) is 0 Å². The maximum absolute atomic E-state index is 2.50. The van der Waals surface area contributed by atoms with Crippen molar-refractivity contribution >= 4 is 0 Å². The van der Waals surface area contributed by atoms with E-state index >= 15 is 0 Å². The average molecular weight is 361 g/mol. The number of hydrogen-bond donors (Lipinski definition) is 0. The van der Waals surface area contributed by atoms with Gasteiger partial charge in [-0.3, -0.25) is 0 Å². The first kappa shape index (κ1) is 14.6. The molecule has 136 valence electrons. The summed E-state index contributed by atoms with van der Waals surface area (Å²) in [4.78, 5) is 0. The molecule has 2 saturated carbocycles. The lowest BCUT2D eigenvalue weighted by molar-refractivity contribution is 0.257. The van der Waals surface area contributed by atoms with Crippen LogP contribution < -0.4 is 0 Å². The van der Waals surface area contributed by atoms with E-state index in [1.54, 1.807) is 38.9 Å². The van der Waals surface area contributed by atoms with Crippen molar-refractivity contribution in [2.75, 3.05) is 0 Å². The summed E-state index contributed by atoms with van der Waals surface area (Å²) in [5.74, 6) is 3.28. The zero-order chi connectivity index (χ0) is 18.0. The third-order valence-electron chi connectivity index (χ3n) is 9.29. The van der Waals surface area contributed by atoms with Gasteiger partial charge in [0, 0.05) is 11.3 Å². The van der Waals surface area contributed by atoms with E-state index in [2.05, 4.69) is 60.7 Å². The monoisotopic (exact) mass is 360 g/mol. The van der Waals surface area contributed by atoms with Crippen molar-refractivity contribution in [1.82, 2.24) is 0 Å².